The fourth-order valence-electron chi connectivity index (χ4n) is 1.35. The molecule has 0 N–H and O–H groups in total. The molecule has 0 atom stereocenters. The molecule has 15 heavy (non-hydrogen) atoms. The molecule has 86 valence electrons. The number of nitrogens with zero attached hydrogens (tertiary/aromatic N) is 4. The van der Waals surface area contributed by atoms with Crippen molar-refractivity contribution in [3.05, 3.63) is 10.4 Å². The Morgan fingerprint density at radius 1 is 1.33 bits per heavy atom. The Hall–Kier alpha value is -0.496. The molecule has 0 aromatic heterocycles. The Morgan fingerprint density at radius 3 is 2.67 bits per heavy atom. The van der Waals surface area contributed by atoms with Crippen LogP contribution in [-0.4, -0.2) is 50.7 Å². The van der Waals surface area contributed by atoms with Crippen LogP contribution in [0, 0.1) is 0 Å². The fourth-order valence-corrected chi connectivity index (χ4v) is 2.01. The molecule has 0 aliphatic carbocycles. The summed E-state index contributed by atoms with van der Waals surface area (Å²) < 4.78 is 10.4. The Kier molecular flexibility index (Phi) is 11.2. The lowest BCUT2D eigenvalue weighted by atomic mass is 10.3. The Morgan fingerprint density at radius 2 is 2.07 bits per heavy atom. The van der Waals surface area contributed by atoms with Gasteiger partial charge in [0.05, 0.1) is 0 Å². The molecule has 0 saturated carbocycles. The minimum Gasteiger partial charge on any atom is -0.392 e. The van der Waals surface area contributed by atoms with Gasteiger partial charge in [-0.05, 0) is 37.5 Å². The zero-order valence-corrected chi connectivity index (χ0v) is 12.6. The van der Waals surface area contributed by atoms with E-state index in [0.29, 0.717) is 6.54 Å². The second kappa shape index (κ2) is 11.6. The summed E-state index contributed by atoms with van der Waals surface area (Å²) in [5, 5.41) is 3.54. The summed E-state index contributed by atoms with van der Waals surface area (Å²) in [7, 11) is 0.645. The summed E-state index contributed by atoms with van der Waals surface area (Å²) in [5.41, 5.74) is 8.18. The maximum Gasteiger partial charge on any atom is 0.261 e. The smallest absolute Gasteiger partial charge is 0.261 e. The predicted molar refractivity (Wildman–Crippen MR) is 67.1 cm³/mol. The van der Waals surface area contributed by atoms with Crippen molar-refractivity contribution in [2.24, 2.45) is 5.11 Å². The lowest BCUT2D eigenvalue weighted by Crippen LogP contribution is -2.28. The number of hydrogen-bond acceptors (Lipinski definition) is 3. The lowest BCUT2D eigenvalue weighted by molar-refractivity contribution is 0.282. The van der Waals surface area contributed by atoms with Crippen LogP contribution in [0.25, 0.3) is 10.4 Å². The molecular weight excluding hydrogens is 224 g/mol. The van der Waals surface area contributed by atoms with Crippen LogP contribution in [-0.2, 0) is 4.46 Å². The van der Waals surface area contributed by atoms with Gasteiger partial charge in [0.2, 0.25) is 0 Å². The Balaban J connectivity index is 3.71. The van der Waals surface area contributed by atoms with Crippen molar-refractivity contribution in [3.8, 4) is 0 Å². The van der Waals surface area contributed by atoms with Crippen molar-refractivity contribution in [1.82, 2.24) is 4.90 Å². The van der Waals surface area contributed by atoms with Gasteiger partial charge in [-0.3, -0.25) is 0 Å². The molecule has 0 aromatic rings. The van der Waals surface area contributed by atoms with Gasteiger partial charge in [-0.15, -0.1) is 0 Å². The van der Waals surface area contributed by atoms with Crippen LogP contribution in [0.5, 0.6) is 0 Å². The molecule has 0 aromatic carbocycles. The maximum atomic E-state index is 10.4. The first-order valence-corrected chi connectivity index (χ1v) is 8.22. The molecule has 0 amide bonds. The molecule has 0 aliphatic rings. The summed E-state index contributed by atoms with van der Waals surface area (Å²) in [6.45, 7) is 3.44. The second-order valence-corrected chi connectivity index (χ2v) is 5.37. The van der Waals surface area contributed by atoms with Gasteiger partial charge >= 0.3 is 0 Å². The largest absolute Gasteiger partial charge is 0.392 e. The molecule has 0 bridgehead atoms. The van der Waals surface area contributed by atoms with Crippen molar-refractivity contribution in [2.75, 3.05) is 26.2 Å². The van der Waals surface area contributed by atoms with Crippen LogP contribution in [0.3, 0.4) is 0 Å². The average molecular weight is 244 g/mol. The highest BCUT2D eigenvalue weighted by atomic mass is 28.2. The van der Waals surface area contributed by atoms with E-state index in [1.54, 1.807) is 0 Å². The van der Waals surface area contributed by atoms with Crippen molar-refractivity contribution >= 4 is 19.6 Å². The van der Waals surface area contributed by atoms with Crippen molar-refractivity contribution in [2.45, 2.75) is 24.9 Å². The van der Waals surface area contributed by atoms with E-state index in [1.807, 2.05) is 0 Å². The SMILES string of the molecule is [N-]=[N+]=NCCN(CCC[SiH3])CCC[SiH]=O. The van der Waals surface area contributed by atoms with E-state index in [0.717, 1.165) is 32.1 Å². The van der Waals surface area contributed by atoms with Gasteiger partial charge in [-0.2, -0.15) is 0 Å². The quantitative estimate of drug-likeness (QED) is 0.183. The minimum absolute atomic E-state index is 0.544. The molecule has 0 aliphatic heterocycles. The zero-order chi connectivity index (χ0) is 11.4. The first-order chi connectivity index (χ1) is 7.35. The molecule has 0 saturated heterocycles. The van der Waals surface area contributed by atoms with E-state index in [1.165, 1.54) is 22.7 Å². The number of azide groups is 1. The van der Waals surface area contributed by atoms with Crippen LogP contribution in [0.2, 0.25) is 12.1 Å². The van der Waals surface area contributed by atoms with Gasteiger partial charge in [0, 0.05) is 28.2 Å². The van der Waals surface area contributed by atoms with E-state index in [4.69, 9.17) is 5.53 Å². The molecule has 0 unspecified atom stereocenters. The van der Waals surface area contributed by atoms with Crippen molar-refractivity contribution in [1.29, 1.82) is 0 Å². The average Bonchev–Trinajstić information content (AvgIpc) is 2.25. The van der Waals surface area contributed by atoms with Gasteiger partial charge < -0.3 is 9.36 Å². The summed E-state index contributed by atoms with van der Waals surface area (Å²) in [6.07, 6.45) is 2.23. The van der Waals surface area contributed by atoms with Crippen LogP contribution in [0.15, 0.2) is 5.11 Å². The Labute approximate surface area is 96.2 Å². The number of rotatable bonds is 10. The number of hydrogen-bond donors (Lipinski definition) is 0. The van der Waals surface area contributed by atoms with Crippen LogP contribution >= 0.6 is 0 Å². The first kappa shape index (κ1) is 14.5. The zero-order valence-electron chi connectivity index (χ0n) is 9.43. The fraction of sp³-hybridized carbons (Fsp3) is 1.00. The monoisotopic (exact) mass is 244 g/mol. The van der Waals surface area contributed by atoms with Crippen LogP contribution in [0.1, 0.15) is 12.8 Å². The molecule has 0 rings (SSSR count). The highest BCUT2D eigenvalue weighted by molar-refractivity contribution is 6.16. The van der Waals surface area contributed by atoms with E-state index in [-0.39, 0.29) is 0 Å². The van der Waals surface area contributed by atoms with Gasteiger partial charge in [0.25, 0.3) is 9.41 Å². The highest BCUT2D eigenvalue weighted by Gasteiger charge is 2.02. The summed E-state index contributed by atoms with van der Waals surface area (Å²) in [5.74, 6) is 0. The molecule has 0 fully saturated rings. The molecular formula is C8H20N4OSi2. The first-order valence-electron chi connectivity index (χ1n) is 5.52. The van der Waals surface area contributed by atoms with Gasteiger partial charge in [0.15, 0.2) is 0 Å². The summed E-state index contributed by atoms with van der Waals surface area (Å²) >= 11 is 0. The summed E-state index contributed by atoms with van der Waals surface area (Å²) in [6, 6.07) is 2.14. The molecule has 0 heterocycles. The van der Waals surface area contributed by atoms with Crippen molar-refractivity contribution in [3.63, 3.8) is 0 Å². The molecule has 0 radical (unpaired) electrons. The third-order valence-electron chi connectivity index (χ3n) is 2.20. The topological polar surface area (TPSA) is 69.1 Å². The van der Waals surface area contributed by atoms with E-state index in [2.05, 4.69) is 14.9 Å². The molecule has 5 nitrogen and oxygen atoms in total. The predicted octanol–water partition coefficient (Wildman–Crippen LogP) is 0.363. The lowest BCUT2D eigenvalue weighted by Gasteiger charge is -2.20. The maximum absolute atomic E-state index is 10.4. The minimum atomic E-state index is -0.607. The van der Waals surface area contributed by atoms with E-state index < -0.39 is 9.41 Å². The van der Waals surface area contributed by atoms with E-state index >= 15 is 0 Å². The van der Waals surface area contributed by atoms with Gasteiger partial charge in [0.1, 0.15) is 0 Å². The third kappa shape index (κ3) is 9.80. The Bertz CT molecular complexity index is 209. The van der Waals surface area contributed by atoms with Gasteiger partial charge in [-0.1, -0.05) is 11.2 Å². The van der Waals surface area contributed by atoms with E-state index in [9.17, 15) is 4.46 Å². The van der Waals surface area contributed by atoms with Crippen molar-refractivity contribution < 1.29 is 4.46 Å². The highest BCUT2D eigenvalue weighted by Crippen LogP contribution is 1.98. The van der Waals surface area contributed by atoms with Gasteiger partial charge in [-0.25, -0.2) is 0 Å². The third-order valence-corrected chi connectivity index (χ3v) is 3.55. The van der Waals surface area contributed by atoms with Crippen LogP contribution in [0.4, 0.5) is 0 Å². The molecule has 7 heteroatoms. The molecule has 0 spiro atoms. The standard InChI is InChI=1S/C8H20N4OSi2/c9-11-10-3-6-12(4-1-7-14)5-2-8-15-13/h15H,1-8H2,14H3. The summed E-state index contributed by atoms with van der Waals surface area (Å²) in [4.78, 5) is 5.05. The van der Waals surface area contributed by atoms with Crippen LogP contribution < -0.4 is 0 Å². The second-order valence-electron chi connectivity index (χ2n) is 3.46. The normalized spacial score (nSPS) is 10.2.